The zero-order valence-corrected chi connectivity index (χ0v) is 13.0. The van der Waals surface area contributed by atoms with Crippen LogP contribution >= 0.6 is 15.9 Å². The van der Waals surface area contributed by atoms with Crippen LogP contribution in [-0.2, 0) is 16.6 Å². The number of benzene rings is 1. The minimum atomic E-state index is -3.51. The zero-order chi connectivity index (χ0) is 14.0. The largest absolute Gasteiger partial charge is 0.285 e. The molecular formula is C12H14BrN3O2S. The number of halogens is 1. The van der Waals surface area contributed by atoms with Gasteiger partial charge in [0, 0.05) is 29.8 Å². The first kappa shape index (κ1) is 14.2. The summed E-state index contributed by atoms with van der Waals surface area (Å²) in [5, 5.41) is 6.48. The molecule has 0 aliphatic heterocycles. The number of nitrogens with one attached hydrogen (secondary N) is 1. The maximum absolute atomic E-state index is 12.5. The van der Waals surface area contributed by atoms with Crippen molar-refractivity contribution < 1.29 is 8.42 Å². The third-order valence-electron chi connectivity index (χ3n) is 2.80. The molecule has 0 amide bonds. The van der Waals surface area contributed by atoms with Gasteiger partial charge >= 0.3 is 0 Å². The lowest BCUT2D eigenvalue weighted by Gasteiger charge is -2.18. The number of sulfonamides is 1. The van der Waals surface area contributed by atoms with E-state index < -0.39 is 10.0 Å². The average molecular weight is 344 g/mol. The third-order valence-corrected chi connectivity index (χ3v) is 5.24. The van der Waals surface area contributed by atoms with Gasteiger partial charge < -0.3 is 0 Å². The molecule has 0 spiro atoms. The summed E-state index contributed by atoms with van der Waals surface area (Å²) in [4.78, 5) is 0.313. The van der Waals surface area contributed by atoms with Gasteiger partial charge in [-0.1, -0.05) is 22.0 Å². The Morgan fingerprint density at radius 3 is 2.79 bits per heavy atom. The lowest BCUT2D eigenvalue weighted by molar-refractivity contribution is 0.466. The fourth-order valence-electron chi connectivity index (χ4n) is 1.73. The summed E-state index contributed by atoms with van der Waals surface area (Å²) >= 11 is 3.30. The van der Waals surface area contributed by atoms with Crippen LogP contribution in [0, 0.1) is 6.92 Å². The van der Waals surface area contributed by atoms with Crippen LogP contribution < -0.4 is 0 Å². The maximum atomic E-state index is 12.5. The minimum absolute atomic E-state index is 0.283. The summed E-state index contributed by atoms with van der Waals surface area (Å²) in [7, 11) is -1.95. The smallest absolute Gasteiger partial charge is 0.243 e. The molecule has 0 aliphatic carbocycles. The molecular weight excluding hydrogens is 330 g/mol. The summed E-state index contributed by atoms with van der Waals surface area (Å²) in [5.74, 6) is 0. The van der Waals surface area contributed by atoms with E-state index >= 15 is 0 Å². The molecule has 0 fully saturated rings. The van der Waals surface area contributed by atoms with Gasteiger partial charge in [-0.15, -0.1) is 0 Å². The zero-order valence-electron chi connectivity index (χ0n) is 10.6. The highest BCUT2D eigenvalue weighted by Crippen LogP contribution is 2.24. The molecule has 0 radical (unpaired) electrons. The van der Waals surface area contributed by atoms with Gasteiger partial charge in [0.1, 0.15) is 0 Å². The predicted octanol–water partition coefficient (Wildman–Crippen LogP) is 2.30. The molecule has 7 heteroatoms. The minimum Gasteiger partial charge on any atom is -0.285 e. The molecule has 0 saturated carbocycles. The number of H-pyrrole nitrogens is 1. The second-order valence-electron chi connectivity index (χ2n) is 4.28. The van der Waals surface area contributed by atoms with E-state index in [4.69, 9.17) is 0 Å². The van der Waals surface area contributed by atoms with Crippen LogP contribution in [0.5, 0.6) is 0 Å². The lowest BCUT2D eigenvalue weighted by Crippen LogP contribution is -2.27. The Morgan fingerprint density at radius 2 is 2.16 bits per heavy atom. The van der Waals surface area contributed by atoms with E-state index in [0.717, 1.165) is 15.6 Å². The number of aromatic nitrogens is 2. The van der Waals surface area contributed by atoms with Crippen LogP contribution in [0.15, 0.2) is 40.0 Å². The highest BCUT2D eigenvalue weighted by molar-refractivity contribution is 9.10. The summed E-state index contributed by atoms with van der Waals surface area (Å²) < 4.78 is 27.1. The molecule has 1 aromatic carbocycles. The summed E-state index contributed by atoms with van der Waals surface area (Å²) in [6.45, 7) is 2.07. The summed E-state index contributed by atoms with van der Waals surface area (Å²) in [6, 6.07) is 5.23. The van der Waals surface area contributed by atoms with Crippen molar-refractivity contribution in [2.45, 2.75) is 18.4 Å². The molecule has 19 heavy (non-hydrogen) atoms. The topological polar surface area (TPSA) is 66.1 Å². The number of aryl methyl sites for hydroxylation is 1. The Bertz CT molecular complexity index is 668. The third kappa shape index (κ3) is 3.05. The first-order valence-corrected chi connectivity index (χ1v) is 7.84. The Kier molecular flexibility index (Phi) is 4.07. The van der Waals surface area contributed by atoms with Gasteiger partial charge in [-0.3, -0.25) is 5.10 Å². The number of aromatic amines is 1. The standard InChI is InChI=1S/C12H14BrN3O2S/c1-9-3-4-11(13)5-12(9)19(17,18)16(2)8-10-6-14-15-7-10/h3-7H,8H2,1-2H3,(H,14,15). The van der Waals surface area contributed by atoms with Crippen LogP contribution in [0.1, 0.15) is 11.1 Å². The number of hydrogen-bond donors (Lipinski definition) is 1. The van der Waals surface area contributed by atoms with Crippen LogP contribution in [0.3, 0.4) is 0 Å². The fraction of sp³-hybridized carbons (Fsp3) is 0.250. The van der Waals surface area contributed by atoms with Gasteiger partial charge in [0.05, 0.1) is 11.1 Å². The van der Waals surface area contributed by atoms with E-state index in [0.29, 0.717) is 4.90 Å². The molecule has 1 aromatic heterocycles. The van der Waals surface area contributed by atoms with Crippen LogP contribution in [-0.4, -0.2) is 30.0 Å². The van der Waals surface area contributed by atoms with Gasteiger partial charge in [-0.25, -0.2) is 8.42 Å². The van der Waals surface area contributed by atoms with Gasteiger partial charge in [0.25, 0.3) is 0 Å². The highest BCUT2D eigenvalue weighted by atomic mass is 79.9. The van der Waals surface area contributed by atoms with Crippen molar-refractivity contribution in [2.24, 2.45) is 0 Å². The highest BCUT2D eigenvalue weighted by Gasteiger charge is 2.23. The molecule has 5 nitrogen and oxygen atoms in total. The molecule has 2 rings (SSSR count). The molecule has 102 valence electrons. The first-order chi connectivity index (χ1) is 8.91. The molecule has 1 heterocycles. The molecule has 0 saturated heterocycles. The van der Waals surface area contributed by atoms with E-state index in [9.17, 15) is 8.42 Å². The van der Waals surface area contributed by atoms with Crippen LogP contribution in [0.2, 0.25) is 0 Å². The number of nitrogens with zero attached hydrogens (tertiary/aromatic N) is 2. The Labute approximate surface area is 120 Å². The summed E-state index contributed by atoms with van der Waals surface area (Å²) in [5.41, 5.74) is 1.54. The fourth-order valence-corrected chi connectivity index (χ4v) is 3.64. The molecule has 0 atom stereocenters. The average Bonchev–Trinajstić information content (AvgIpc) is 2.85. The van der Waals surface area contributed by atoms with Crippen molar-refractivity contribution in [3.63, 3.8) is 0 Å². The van der Waals surface area contributed by atoms with Crippen LogP contribution in [0.4, 0.5) is 0 Å². The SMILES string of the molecule is Cc1ccc(Br)cc1S(=O)(=O)N(C)Cc1cn[nH]c1. The molecule has 0 bridgehead atoms. The Morgan fingerprint density at radius 1 is 1.42 bits per heavy atom. The van der Waals surface area contributed by atoms with E-state index in [-0.39, 0.29) is 6.54 Å². The quantitative estimate of drug-likeness (QED) is 0.926. The maximum Gasteiger partial charge on any atom is 0.243 e. The monoisotopic (exact) mass is 343 g/mol. The van der Waals surface area contributed by atoms with Crippen molar-refractivity contribution in [1.82, 2.24) is 14.5 Å². The van der Waals surface area contributed by atoms with Crippen molar-refractivity contribution >= 4 is 26.0 Å². The summed E-state index contributed by atoms with van der Waals surface area (Å²) in [6.07, 6.45) is 3.29. The van der Waals surface area contributed by atoms with Gasteiger partial charge in [0.2, 0.25) is 10.0 Å². The Balaban J connectivity index is 2.33. The van der Waals surface area contributed by atoms with Crippen molar-refractivity contribution in [3.8, 4) is 0 Å². The Hall–Kier alpha value is -1.18. The lowest BCUT2D eigenvalue weighted by atomic mass is 10.2. The van der Waals surface area contributed by atoms with Crippen LogP contribution in [0.25, 0.3) is 0 Å². The number of rotatable bonds is 4. The van der Waals surface area contributed by atoms with E-state index in [1.165, 1.54) is 4.31 Å². The van der Waals surface area contributed by atoms with E-state index in [1.807, 2.05) is 6.07 Å². The van der Waals surface area contributed by atoms with E-state index in [2.05, 4.69) is 26.1 Å². The number of hydrogen-bond acceptors (Lipinski definition) is 3. The molecule has 0 unspecified atom stereocenters. The van der Waals surface area contributed by atoms with Gasteiger partial charge in [0.15, 0.2) is 0 Å². The second kappa shape index (κ2) is 5.44. The molecule has 2 aromatic rings. The second-order valence-corrected chi connectivity index (χ2v) is 7.21. The van der Waals surface area contributed by atoms with Gasteiger partial charge in [-0.05, 0) is 24.6 Å². The molecule has 1 N–H and O–H groups in total. The molecule has 0 aliphatic rings. The first-order valence-electron chi connectivity index (χ1n) is 5.61. The van der Waals surface area contributed by atoms with Crippen molar-refractivity contribution in [3.05, 3.63) is 46.2 Å². The van der Waals surface area contributed by atoms with Gasteiger partial charge in [-0.2, -0.15) is 9.40 Å². The normalized spacial score (nSPS) is 12.0. The van der Waals surface area contributed by atoms with Crippen molar-refractivity contribution in [2.75, 3.05) is 7.05 Å². The van der Waals surface area contributed by atoms with E-state index in [1.54, 1.807) is 38.5 Å². The predicted molar refractivity (Wildman–Crippen MR) is 76.1 cm³/mol. The van der Waals surface area contributed by atoms with Crippen molar-refractivity contribution in [1.29, 1.82) is 0 Å².